The number of unbranched alkanes of at least 4 members (excludes halogenated alkanes) is 4. The van der Waals surface area contributed by atoms with Crippen molar-refractivity contribution in [3.63, 3.8) is 0 Å². The smallest absolute Gasteiger partial charge is 0.341 e. The Hall–Kier alpha value is -3.43. The molecule has 2 heterocycles. The van der Waals surface area contributed by atoms with Crippen molar-refractivity contribution in [2.75, 3.05) is 37.7 Å². The number of carbonyl (C=O) groups excluding carboxylic acids is 2. The van der Waals surface area contributed by atoms with E-state index < -0.39 is 17.2 Å². The van der Waals surface area contributed by atoms with Crippen molar-refractivity contribution < 1.29 is 28.6 Å². The largest absolute Gasteiger partial charge is 0.477 e. The number of carbonyl (C=O) groups is 3. The number of amides is 1. The molecule has 200 valence electrons. The van der Waals surface area contributed by atoms with Crippen LogP contribution in [0, 0.1) is 5.82 Å². The lowest BCUT2D eigenvalue weighted by Gasteiger charge is -2.36. The highest BCUT2D eigenvalue weighted by molar-refractivity contribution is 5.93. The highest BCUT2D eigenvalue weighted by atomic mass is 19.1. The first-order chi connectivity index (χ1) is 17.8. The Kier molecular flexibility index (Phi) is 8.45. The van der Waals surface area contributed by atoms with E-state index in [1.165, 1.54) is 6.20 Å². The molecule has 0 radical (unpaired) electrons. The average molecular weight is 516 g/mol. The van der Waals surface area contributed by atoms with Crippen molar-refractivity contribution in [1.29, 1.82) is 0 Å². The third kappa shape index (κ3) is 6.29. The first kappa shape index (κ1) is 26.6. The van der Waals surface area contributed by atoms with E-state index in [9.17, 15) is 24.3 Å². The highest BCUT2D eigenvalue weighted by Gasteiger charge is 2.29. The average Bonchev–Trinajstić information content (AvgIpc) is 3.73. The van der Waals surface area contributed by atoms with E-state index >= 15 is 4.39 Å². The summed E-state index contributed by atoms with van der Waals surface area (Å²) in [6.07, 6.45) is 8.51. The summed E-state index contributed by atoms with van der Waals surface area (Å²) in [6.45, 7) is 3.28. The molecule has 9 nitrogen and oxygen atoms in total. The van der Waals surface area contributed by atoms with Gasteiger partial charge in [0.15, 0.2) is 6.61 Å². The van der Waals surface area contributed by atoms with Crippen LogP contribution in [0.25, 0.3) is 10.9 Å². The van der Waals surface area contributed by atoms with Crippen LogP contribution in [0.3, 0.4) is 0 Å². The monoisotopic (exact) mass is 515 g/mol. The first-order valence-corrected chi connectivity index (χ1v) is 13.1. The van der Waals surface area contributed by atoms with Gasteiger partial charge >= 0.3 is 11.9 Å². The lowest BCUT2D eigenvalue weighted by molar-refractivity contribution is -0.152. The van der Waals surface area contributed by atoms with E-state index in [1.54, 1.807) is 15.5 Å². The molecule has 0 atom stereocenters. The third-order valence-electron chi connectivity index (χ3n) is 7.09. The van der Waals surface area contributed by atoms with Crippen LogP contribution >= 0.6 is 0 Å². The lowest BCUT2D eigenvalue weighted by Crippen LogP contribution is -2.50. The van der Waals surface area contributed by atoms with Crippen molar-refractivity contribution in [3.8, 4) is 0 Å². The Morgan fingerprint density at radius 1 is 1.05 bits per heavy atom. The van der Waals surface area contributed by atoms with Crippen LogP contribution in [-0.2, 0) is 14.3 Å². The zero-order valence-electron chi connectivity index (χ0n) is 21.2. The molecule has 1 N–H and O–H groups in total. The van der Waals surface area contributed by atoms with E-state index in [-0.39, 0.29) is 35.5 Å². The van der Waals surface area contributed by atoms with Crippen LogP contribution in [0.4, 0.5) is 10.1 Å². The maximum atomic E-state index is 15.1. The number of carboxylic acids is 1. The van der Waals surface area contributed by atoms with Crippen molar-refractivity contribution in [1.82, 2.24) is 9.47 Å². The Morgan fingerprint density at radius 2 is 1.76 bits per heavy atom. The second kappa shape index (κ2) is 11.7. The highest BCUT2D eigenvalue weighted by Crippen LogP contribution is 2.38. The summed E-state index contributed by atoms with van der Waals surface area (Å²) in [7, 11) is 0. The van der Waals surface area contributed by atoms with Crippen molar-refractivity contribution in [3.05, 3.63) is 39.9 Å². The Balaban J connectivity index is 1.37. The van der Waals surface area contributed by atoms with E-state index in [1.807, 2.05) is 4.90 Å². The molecule has 0 spiro atoms. The molecule has 1 aliphatic carbocycles. The Morgan fingerprint density at radius 3 is 2.41 bits per heavy atom. The second-order valence-corrected chi connectivity index (χ2v) is 9.83. The molecule has 10 heteroatoms. The number of halogens is 1. The Labute approximate surface area is 214 Å². The maximum Gasteiger partial charge on any atom is 0.341 e. The normalized spacial score (nSPS) is 15.7. The maximum absolute atomic E-state index is 15.1. The van der Waals surface area contributed by atoms with Gasteiger partial charge in [-0.3, -0.25) is 14.4 Å². The van der Waals surface area contributed by atoms with E-state index in [4.69, 9.17) is 4.74 Å². The molecule has 1 aromatic heterocycles. The number of ether oxygens (including phenoxy) is 1. The minimum Gasteiger partial charge on any atom is -0.477 e. The zero-order chi connectivity index (χ0) is 26.5. The van der Waals surface area contributed by atoms with E-state index in [0.717, 1.165) is 51.0 Å². The van der Waals surface area contributed by atoms with Gasteiger partial charge in [0, 0.05) is 50.2 Å². The predicted octanol–water partition coefficient (Wildman–Crippen LogP) is 3.73. The van der Waals surface area contributed by atoms with Gasteiger partial charge in [-0.1, -0.05) is 32.6 Å². The minimum atomic E-state index is -1.33. The van der Waals surface area contributed by atoms with Crippen LogP contribution in [0.15, 0.2) is 23.1 Å². The van der Waals surface area contributed by atoms with Gasteiger partial charge in [0.05, 0.1) is 11.2 Å². The summed E-state index contributed by atoms with van der Waals surface area (Å²) in [5.74, 6) is -2.58. The van der Waals surface area contributed by atoms with E-state index in [0.29, 0.717) is 43.8 Å². The quantitative estimate of drug-likeness (QED) is 0.359. The number of rotatable bonds is 11. The molecule has 1 saturated carbocycles. The molecule has 0 bridgehead atoms. The number of esters is 1. The fourth-order valence-corrected chi connectivity index (χ4v) is 4.78. The van der Waals surface area contributed by atoms with Crippen LogP contribution in [-0.4, -0.2) is 65.2 Å². The van der Waals surface area contributed by atoms with Gasteiger partial charge in [-0.05, 0) is 31.4 Å². The molecule has 37 heavy (non-hydrogen) atoms. The zero-order valence-corrected chi connectivity index (χ0v) is 21.2. The standard InChI is InChI=1S/C27H34FN3O6/c1-2-3-4-5-6-7-25(33)37-17-24(32)30-12-10-29(11-13-30)23-15-22-19(14-21(23)28)26(34)20(27(35)36)16-31(22)18-8-9-18/h14-16,18H,2-13,17H2,1H3,(H,35,36). The van der Waals surface area contributed by atoms with Crippen molar-refractivity contribution >= 4 is 34.4 Å². The lowest BCUT2D eigenvalue weighted by atomic mass is 10.1. The van der Waals surface area contributed by atoms with Gasteiger partial charge in [-0.2, -0.15) is 0 Å². The number of benzene rings is 1. The summed E-state index contributed by atoms with van der Waals surface area (Å²) in [4.78, 5) is 52.1. The van der Waals surface area contributed by atoms with Gasteiger partial charge in [0.25, 0.3) is 5.91 Å². The number of carboxylic acid groups (broad SMARTS) is 1. The number of aromatic nitrogens is 1. The molecular weight excluding hydrogens is 481 g/mol. The number of pyridine rings is 1. The van der Waals surface area contributed by atoms with E-state index in [2.05, 4.69) is 6.92 Å². The van der Waals surface area contributed by atoms with Gasteiger partial charge in [-0.25, -0.2) is 9.18 Å². The topological polar surface area (TPSA) is 109 Å². The molecule has 1 aliphatic heterocycles. The minimum absolute atomic E-state index is 0.0500. The first-order valence-electron chi connectivity index (χ1n) is 13.1. The van der Waals surface area contributed by atoms with Crippen molar-refractivity contribution in [2.24, 2.45) is 0 Å². The SMILES string of the molecule is CCCCCCCC(=O)OCC(=O)N1CCN(c2cc3c(cc2F)c(=O)c(C(=O)O)cn3C2CC2)CC1. The van der Waals surface area contributed by atoms with Gasteiger partial charge in [0.2, 0.25) is 5.43 Å². The third-order valence-corrected chi connectivity index (χ3v) is 7.09. The predicted molar refractivity (Wildman–Crippen MR) is 137 cm³/mol. The molecular formula is C27H34FN3O6. The number of hydrogen-bond donors (Lipinski definition) is 1. The molecule has 1 aromatic carbocycles. The second-order valence-electron chi connectivity index (χ2n) is 9.83. The number of aromatic carboxylic acids is 1. The number of nitrogens with zero attached hydrogens (tertiary/aromatic N) is 3. The van der Waals surface area contributed by atoms with Crippen LogP contribution < -0.4 is 10.3 Å². The van der Waals surface area contributed by atoms with Crippen LogP contribution in [0.1, 0.15) is 74.7 Å². The molecule has 4 rings (SSSR count). The number of piperazine rings is 1. The van der Waals surface area contributed by atoms with Gasteiger partial charge in [0.1, 0.15) is 11.4 Å². The summed E-state index contributed by atoms with van der Waals surface area (Å²) < 4.78 is 22.0. The summed E-state index contributed by atoms with van der Waals surface area (Å²) in [6, 6.07) is 2.82. The molecule has 2 aliphatic rings. The molecule has 2 aromatic rings. The fraction of sp³-hybridized carbons (Fsp3) is 0.556. The summed E-state index contributed by atoms with van der Waals surface area (Å²) in [5.41, 5.74) is -0.244. The van der Waals surface area contributed by atoms with Crippen molar-refractivity contribution in [2.45, 2.75) is 64.3 Å². The molecule has 1 saturated heterocycles. The number of fused-ring (bicyclic) bond motifs is 1. The molecule has 0 unspecified atom stereocenters. The summed E-state index contributed by atoms with van der Waals surface area (Å²) >= 11 is 0. The molecule has 2 fully saturated rings. The fourth-order valence-electron chi connectivity index (χ4n) is 4.78. The summed E-state index contributed by atoms with van der Waals surface area (Å²) in [5, 5.41) is 9.46. The number of hydrogen-bond acceptors (Lipinski definition) is 6. The van der Waals surface area contributed by atoms with Gasteiger partial charge < -0.3 is 24.2 Å². The number of anilines is 1. The van der Waals surface area contributed by atoms with Crippen LogP contribution in [0.2, 0.25) is 0 Å². The van der Waals surface area contributed by atoms with Gasteiger partial charge in [-0.15, -0.1) is 0 Å². The van der Waals surface area contributed by atoms with Crippen LogP contribution in [0.5, 0.6) is 0 Å². The molecule has 1 amide bonds. The Bertz CT molecular complexity index is 1230.